The number of aromatic nitrogens is 1. The Bertz CT molecular complexity index is 1000. The second-order valence-electron chi connectivity index (χ2n) is 7.35. The molecule has 0 bridgehead atoms. The summed E-state index contributed by atoms with van der Waals surface area (Å²) in [6.45, 7) is 5.93. The van der Waals surface area contributed by atoms with Crippen LogP contribution in [0.1, 0.15) is 52.9 Å². The highest BCUT2D eigenvalue weighted by Gasteiger charge is 2.20. The van der Waals surface area contributed by atoms with E-state index in [-0.39, 0.29) is 24.4 Å². The summed E-state index contributed by atoms with van der Waals surface area (Å²) in [4.78, 5) is 29.4. The third-order valence-electron chi connectivity index (χ3n) is 4.42. The molecule has 7 heteroatoms. The summed E-state index contributed by atoms with van der Waals surface area (Å²) in [5, 5.41) is 5.90. The van der Waals surface area contributed by atoms with Crippen molar-refractivity contribution in [2.75, 3.05) is 0 Å². The minimum Gasteiger partial charge on any atom is -0.487 e. The van der Waals surface area contributed by atoms with E-state index in [0.717, 1.165) is 16.3 Å². The summed E-state index contributed by atoms with van der Waals surface area (Å²) in [5.41, 5.74) is 2.20. The lowest BCUT2D eigenvalue weighted by molar-refractivity contribution is -0.147. The Morgan fingerprint density at radius 2 is 1.77 bits per heavy atom. The molecule has 0 radical (unpaired) electrons. The van der Waals surface area contributed by atoms with Crippen molar-refractivity contribution in [3.8, 4) is 5.75 Å². The number of benzene rings is 2. The average Bonchev–Trinajstić information content (AvgIpc) is 3.17. The molecule has 6 nitrogen and oxygen atoms in total. The molecule has 31 heavy (non-hydrogen) atoms. The van der Waals surface area contributed by atoms with Crippen molar-refractivity contribution >= 4 is 23.2 Å². The lowest BCUT2D eigenvalue weighted by Crippen LogP contribution is -2.31. The van der Waals surface area contributed by atoms with Crippen LogP contribution in [-0.2, 0) is 16.1 Å². The molecule has 1 aromatic heterocycles. The van der Waals surface area contributed by atoms with Gasteiger partial charge < -0.3 is 14.8 Å². The van der Waals surface area contributed by atoms with Crippen molar-refractivity contribution in [1.82, 2.24) is 10.3 Å². The van der Waals surface area contributed by atoms with E-state index in [4.69, 9.17) is 9.47 Å². The molecule has 3 aromatic rings. The third kappa shape index (κ3) is 6.93. The molecule has 1 amide bonds. The number of hydrogen-bond donors (Lipinski definition) is 1. The lowest BCUT2D eigenvalue weighted by atomic mass is 10.0. The van der Waals surface area contributed by atoms with Crippen molar-refractivity contribution in [1.29, 1.82) is 0 Å². The topological polar surface area (TPSA) is 77.5 Å². The number of thiazole rings is 1. The summed E-state index contributed by atoms with van der Waals surface area (Å²) >= 11 is 1.58. The quantitative estimate of drug-likeness (QED) is 0.484. The fraction of sp³-hybridized carbons (Fsp3) is 0.292. The average molecular weight is 439 g/mol. The molecule has 1 unspecified atom stereocenters. The molecule has 1 heterocycles. The van der Waals surface area contributed by atoms with Crippen LogP contribution < -0.4 is 10.1 Å². The normalized spacial score (nSPS) is 11.7. The first kappa shape index (κ1) is 22.5. The van der Waals surface area contributed by atoms with Crippen LogP contribution in [0.3, 0.4) is 0 Å². The minimum absolute atomic E-state index is 0.0577. The molecule has 0 aliphatic rings. The van der Waals surface area contributed by atoms with Crippen LogP contribution >= 0.6 is 11.3 Å². The zero-order valence-electron chi connectivity index (χ0n) is 17.8. The zero-order chi connectivity index (χ0) is 22.2. The zero-order valence-corrected chi connectivity index (χ0v) is 18.6. The summed E-state index contributed by atoms with van der Waals surface area (Å²) in [6, 6.07) is 15.8. The second kappa shape index (κ2) is 10.7. The second-order valence-corrected chi connectivity index (χ2v) is 8.41. The smallest absolute Gasteiger partial charge is 0.308 e. The van der Waals surface area contributed by atoms with Crippen LogP contribution in [0, 0.1) is 6.92 Å². The van der Waals surface area contributed by atoms with Gasteiger partial charge in [-0.3, -0.25) is 9.59 Å². The number of nitrogens with one attached hydrogen (secondary N) is 1. The van der Waals surface area contributed by atoms with Gasteiger partial charge in [0.15, 0.2) is 0 Å². The summed E-state index contributed by atoms with van der Waals surface area (Å²) in [5.74, 6) is 0.0281. The Labute approximate surface area is 186 Å². The number of carbonyl (C=O) groups excluding carboxylic acids is 2. The number of carbonyl (C=O) groups is 2. The predicted molar refractivity (Wildman–Crippen MR) is 120 cm³/mol. The molecular formula is C24H26N2O4S. The molecule has 1 N–H and O–H groups in total. The molecule has 1 atom stereocenters. The van der Waals surface area contributed by atoms with Gasteiger partial charge in [0.1, 0.15) is 12.4 Å². The largest absolute Gasteiger partial charge is 0.487 e. The van der Waals surface area contributed by atoms with Gasteiger partial charge in [0.05, 0.1) is 29.3 Å². The number of amides is 1. The number of ether oxygens (including phenoxy) is 2. The van der Waals surface area contributed by atoms with Crippen LogP contribution in [-0.4, -0.2) is 23.0 Å². The van der Waals surface area contributed by atoms with Crippen LogP contribution in [0.5, 0.6) is 5.75 Å². The van der Waals surface area contributed by atoms with Crippen LogP contribution in [0.2, 0.25) is 0 Å². The maximum Gasteiger partial charge on any atom is 0.308 e. The van der Waals surface area contributed by atoms with Crippen LogP contribution in [0.15, 0.2) is 60.0 Å². The van der Waals surface area contributed by atoms with Crippen molar-refractivity contribution in [3.05, 3.63) is 81.8 Å². The van der Waals surface area contributed by atoms with E-state index < -0.39 is 6.04 Å². The van der Waals surface area contributed by atoms with Gasteiger partial charge in [0, 0.05) is 10.9 Å². The Morgan fingerprint density at radius 1 is 1.06 bits per heavy atom. The van der Waals surface area contributed by atoms with Crippen molar-refractivity contribution in [3.63, 3.8) is 0 Å². The van der Waals surface area contributed by atoms with Gasteiger partial charge in [-0.2, -0.15) is 0 Å². The molecule has 2 aromatic carbocycles. The SMILES string of the molecule is Cc1nc(COc2ccc(C(=O)NC(CC(=O)OC(C)C)c3ccccc3)cc2)cs1. The molecule has 0 aliphatic carbocycles. The first-order valence-corrected chi connectivity index (χ1v) is 11.0. The van der Waals surface area contributed by atoms with E-state index in [0.29, 0.717) is 17.9 Å². The molecule has 0 spiro atoms. The first-order valence-electron chi connectivity index (χ1n) is 10.1. The Balaban J connectivity index is 1.64. The van der Waals surface area contributed by atoms with Gasteiger partial charge in [-0.05, 0) is 50.6 Å². The molecule has 0 aliphatic heterocycles. The van der Waals surface area contributed by atoms with Gasteiger partial charge in [-0.15, -0.1) is 11.3 Å². The molecule has 0 fully saturated rings. The molecular weight excluding hydrogens is 412 g/mol. The monoisotopic (exact) mass is 438 g/mol. The minimum atomic E-state index is -0.483. The molecule has 0 saturated heterocycles. The van der Waals surface area contributed by atoms with Crippen molar-refractivity contribution < 1.29 is 19.1 Å². The van der Waals surface area contributed by atoms with E-state index in [1.807, 2.05) is 42.6 Å². The van der Waals surface area contributed by atoms with E-state index in [1.54, 1.807) is 49.4 Å². The highest BCUT2D eigenvalue weighted by molar-refractivity contribution is 7.09. The standard InChI is InChI=1S/C24H26N2O4S/c1-16(2)30-23(27)13-22(18-7-5-4-6-8-18)26-24(28)19-9-11-21(12-10-19)29-14-20-15-31-17(3)25-20/h4-12,15-16,22H,13-14H2,1-3H3,(H,26,28). The van der Waals surface area contributed by atoms with Crippen LogP contribution in [0.4, 0.5) is 0 Å². The number of hydrogen-bond acceptors (Lipinski definition) is 6. The van der Waals surface area contributed by atoms with Crippen molar-refractivity contribution in [2.45, 2.75) is 45.9 Å². The molecule has 162 valence electrons. The number of aryl methyl sites for hydroxylation is 1. The first-order chi connectivity index (χ1) is 14.9. The fourth-order valence-electron chi connectivity index (χ4n) is 2.99. The highest BCUT2D eigenvalue weighted by Crippen LogP contribution is 2.20. The lowest BCUT2D eigenvalue weighted by Gasteiger charge is -2.19. The van der Waals surface area contributed by atoms with E-state index in [9.17, 15) is 9.59 Å². The number of rotatable bonds is 9. The number of esters is 1. The maximum absolute atomic E-state index is 12.8. The Kier molecular flexibility index (Phi) is 7.78. The van der Waals surface area contributed by atoms with Gasteiger partial charge >= 0.3 is 5.97 Å². The Morgan fingerprint density at radius 3 is 2.39 bits per heavy atom. The van der Waals surface area contributed by atoms with E-state index in [1.165, 1.54) is 0 Å². The van der Waals surface area contributed by atoms with Gasteiger partial charge in [-0.1, -0.05) is 30.3 Å². The van der Waals surface area contributed by atoms with Gasteiger partial charge in [0.25, 0.3) is 5.91 Å². The maximum atomic E-state index is 12.8. The third-order valence-corrected chi connectivity index (χ3v) is 5.24. The van der Waals surface area contributed by atoms with Crippen LogP contribution in [0.25, 0.3) is 0 Å². The van der Waals surface area contributed by atoms with E-state index in [2.05, 4.69) is 10.3 Å². The predicted octanol–water partition coefficient (Wildman–Crippen LogP) is 4.84. The summed E-state index contributed by atoms with van der Waals surface area (Å²) < 4.78 is 11.0. The molecule has 0 saturated carbocycles. The summed E-state index contributed by atoms with van der Waals surface area (Å²) in [7, 11) is 0. The summed E-state index contributed by atoms with van der Waals surface area (Å²) in [6.07, 6.45) is -0.150. The van der Waals surface area contributed by atoms with Gasteiger partial charge in [-0.25, -0.2) is 4.98 Å². The number of nitrogens with zero attached hydrogens (tertiary/aromatic N) is 1. The fourth-order valence-corrected chi connectivity index (χ4v) is 3.59. The highest BCUT2D eigenvalue weighted by atomic mass is 32.1. The van der Waals surface area contributed by atoms with E-state index >= 15 is 0 Å². The molecule has 3 rings (SSSR count). The van der Waals surface area contributed by atoms with Gasteiger partial charge in [0.2, 0.25) is 0 Å². The Hall–Kier alpha value is -3.19. The van der Waals surface area contributed by atoms with Crippen molar-refractivity contribution in [2.24, 2.45) is 0 Å².